The number of pyridine rings is 1. The summed E-state index contributed by atoms with van der Waals surface area (Å²) in [5.41, 5.74) is 2.62. The molecule has 33 heavy (non-hydrogen) atoms. The van der Waals surface area contributed by atoms with Gasteiger partial charge < -0.3 is 15.5 Å². The van der Waals surface area contributed by atoms with Gasteiger partial charge in [-0.3, -0.25) is 19.4 Å². The van der Waals surface area contributed by atoms with E-state index in [0.29, 0.717) is 32.4 Å². The Morgan fingerprint density at radius 2 is 1.85 bits per heavy atom. The zero-order valence-corrected chi connectivity index (χ0v) is 19.8. The van der Waals surface area contributed by atoms with Gasteiger partial charge in [0.15, 0.2) is 0 Å². The molecule has 0 bridgehead atoms. The van der Waals surface area contributed by atoms with Crippen LogP contribution >= 0.6 is 22.9 Å². The second kappa shape index (κ2) is 9.72. The van der Waals surface area contributed by atoms with Gasteiger partial charge in [-0.1, -0.05) is 11.6 Å². The fraction of sp³-hybridized carbons (Fsp3) is 0.250. The first-order valence-corrected chi connectivity index (χ1v) is 11.7. The quantitative estimate of drug-likeness (QED) is 0.542. The molecule has 1 aromatic carbocycles. The molecule has 1 aliphatic carbocycles. The highest BCUT2D eigenvalue weighted by molar-refractivity contribution is 7.17. The van der Waals surface area contributed by atoms with Crippen LogP contribution in [0.5, 0.6) is 0 Å². The number of fused-ring (bicyclic) bond motifs is 1. The maximum atomic E-state index is 13.4. The van der Waals surface area contributed by atoms with E-state index >= 15 is 0 Å². The number of aromatic nitrogens is 1. The molecule has 0 atom stereocenters. The zero-order valence-electron chi connectivity index (χ0n) is 18.3. The molecule has 0 radical (unpaired) electrons. The average Bonchev–Trinajstić information content (AvgIpc) is 3.18. The van der Waals surface area contributed by atoms with Crippen molar-refractivity contribution in [2.75, 3.05) is 24.7 Å². The number of thiophene rings is 1. The first kappa shape index (κ1) is 22.9. The lowest BCUT2D eigenvalue weighted by molar-refractivity contribution is 0.0827. The van der Waals surface area contributed by atoms with E-state index in [4.69, 9.17) is 11.6 Å². The molecule has 3 aromatic rings. The van der Waals surface area contributed by atoms with E-state index in [2.05, 4.69) is 15.6 Å². The van der Waals surface area contributed by atoms with Gasteiger partial charge in [0.2, 0.25) is 0 Å². The van der Waals surface area contributed by atoms with Crippen LogP contribution in [0.15, 0.2) is 42.7 Å². The first-order valence-electron chi connectivity index (χ1n) is 10.5. The summed E-state index contributed by atoms with van der Waals surface area (Å²) >= 11 is 7.64. The number of amides is 3. The van der Waals surface area contributed by atoms with Crippen molar-refractivity contribution in [2.24, 2.45) is 0 Å². The normalized spacial score (nSPS) is 12.6. The lowest BCUT2D eigenvalue weighted by Gasteiger charge is -2.15. The van der Waals surface area contributed by atoms with Crippen molar-refractivity contribution in [1.82, 2.24) is 9.88 Å². The number of carbonyl (C=O) groups excluding carboxylic acids is 3. The van der Waals surface area contributed by atoms with E-state index in [1.807, 2.05) is 0 Å². The molecule has 4 rings (SSSR count). The summed E-state index contributed by atoms with van der Waals surface area (Å²) in [5, 5.41) is 6.61. The summed E-state index contributed by atoms with van der Waals surface area (Å²) in [4.78, 5) is 45.1. The lowest BCUT2D eigenvalue weighted by atomic mass is 9.95. The molecule has 0 aliphatic heterocycles. The van der Waals surface area contributed by atoms with Crippen molar-refractivity contribution < 1.29 is 14.4 Å². The number of carbonyl (C=O) groups is 3. The predicted molar refractivity (Wildman–Crippen MR) is 131 cm³/mol. The number of aryl methyl sites for hydroxylation is 1. The lowest BCUT2D eigenvalue weighted by Crippen LogP contribution is -2.22. The fourth-order valence-corrected chi connectivity index (χ4v) is 5.25. The van der Waals surface area contributed by atoms with Gasteiger partial charge in [-0.2, -0.15) is 0 Å². The number of hydrogen-bond acceptors (Lipinski definition) is 5. The summed E-state index contributed by atoms with van der Waals surface area (Å²) in [6.07, 6.45) is 6.79. The first-order chi connectivity index (χ1) is 15.8. The molecule has 0 saturated heterocycles. The van der Waals surface area contributed by atoms with Crippen LogP contribution in [0.25, 0.3) is 0 Å². The molecule has 2 aromatic heterocycles. The standard InChI is InChI=1S/C24H23ClN4O3S/c1-29(2)24(32)17-12-15(9-10-18(17)25)27-22(31)20-16-7-3-4-8-19(16)33-23(20)28-21(30)14-6-5-11-26-13-14/h5-6,9-13H,3-4,7-8H2,1-2H3,(H,27,31)(H,28,30). The van der Waals surface area contributed by atoms with E-state index in [1.54, 1.807) is 50.6 Å². The van der Waals surface area contributed by atoms with Gasteiger partial charge in [0.05, 0.1) is 21.7 Å². The summed E-state index contributed by atoms with van der Waals surface area (Å²) < 4.78 is 0. The smallest absolute Gasteiger partial charge is 0.258 e. The maximum Gasteiger partial charge on any atom is 0.258 e. The number of rotatable bonds is 5. The number of anilines is 2. The van der Waals surface area contributed by atoms with E-state index in [-0.39, 0.29) is 17.7 Å². The molecule has 2 heterocycles. The number of hydrogen-bond donors (Lipinski definition) is 2. The predicted octanol–water partition coefficient (Wildman–Crippen LogP) is 4.88. The fourth-order valence-electron chi connectivity index (χ4n) is 3.77. The summed E-state index contributed by atoms with van der Waals surface area (Å²) in [6, 6.07) is 8.17. The Hall–Kier alpha value is -3.23. The molecule has 170 valence electrons. The minimum Gasteiger partial charge on any atom is -0.345 e. The van der Waals surface area contributed by atoms with Crippen molar-refractivity contribution in [3.63, 3.8) is 0 Å². The number of halogens is 1. The highest BCUT2D eigenvalue weighted by Gasteiger charge is 2.27. The molecule has 1 aliphatic rings. The Bertz CT molecular complexity index is 1220. The SMILES string of the molecule is CN(C)C(=O)c1cc(NC(=O)c2c(NC(=O)c3cccnc3)sc3c2CCCC3)ccc1Cl. The van der Waals surface area contributed by atoms with Gasteiger partial charge in [-0.25, -0.2) is 0 Å². The van der Waals surface area contributed by atoms with E-state index in [0.717, 1.165) is 36.1 Å². The number of benzene rings is 1. The second-order valence-electron chi connectivity index (χ2n) is 7.96. The molecule has 0 spiro atoms. The van der Waals surface area contributed by atoms with Crippen LogP contribution in [0.3, 0.4) is 0 Å². The third-order valence-electron chi connectivity index (χ3n) is 5.41. The van der Waals surface area contributed by atoms with Gasteiger partial charge in [-0.15, -0.1) is 11.3 Å². The third-order valence-corrected chi connectivity index (χ3v) is 6.95. The summed E-state index contributed by atoms with van der Waals surface area (Å²) in [7, 11) is 3.28. The highest BCUT2D eigenvalue weighted by Crippen LogP contribution is 2.39. The third kappa shape index (κ3) is 4.91. The molecule has 9 heteroatoms. The van der Waals surface area contributed by atoms with Crippen molar-refractivity contribution >= 4 is 51.3 Å². The van der Waals surface area contributed by atoms with E-state index < -0.39 is 0 Å². The van der Waals surface area contributed by atoms with Crippen LogP contribution in [0.2, 0.25) is 5.02 Å². The maximum absolute atomic E-state index is 13.4. The second-order valence-corrected chi connectivity index (χ2v) is 9.47. The molecule has 3 amide bonds. The minimum absolute atomic E-state index is 0.256. The molecule has 2 N–H and O–H groups in total. The van der Waals surface area contributed by atoms with Gasteiger partial charge in [-0.05, 0) is 61.6 Å². The monoisotopic (exact) mass is 482 g/mol. The molecule has 0 unspecified atom stereocenters. The van der Waals surface area contributed by atoms with Crippen molar-refractivity contribution in [1.29, 1.82) is 0 Å². The highest BCUT2D eigenvalue weighted by atomic mass is 35.5. The van der Waals surface area contributed by atoms with Crippen LogP contribution in [0, 0.1) is 0 Å². The van der Waals surface area contributed by atoms with Crippen LogP contribution < -0.4 is 10.6 Å². The van der Waals surface area contributed by atoms with Crippen LogP contribution in [-0.4, -0.2) is 41.7 Å². The number of nitrogens with zero attached hydrogens (tertiary/aromatic N) is 2. The van der Waals surface area contributed by atoms with E-state index in [9.17, 15) is 14.4 Å². The summed E-state index contributed by atoms with van der Waals surface area (Å²) in [5.74, 6) is -0.906. The van der Waals surface area contributed by atoms with Crippen molar-refractivity contribution in [2.45, 2.75) is 25.7 Å². The molecule has 0 saturated carbocycles. The van der Waals surface area contributed by atoms with Gasteiger partial charge in [0.1, 0.15) is 5.00 Å². The topological polar surface area (TPSA) is 91.4 Å². The average molecular weight is 483 g/mol. The van der Waals surface area contributed by atoms with Crippen molar-refractivity contribution in [3.8, 4) is 0 Å². The zero-order chi connectivity index (χ0) is 23.5. The van der Waals surface area contributed by atoms with E-state index in [1.165, 1.54) is 22.4 Å². The van der Waals surface area contributed by atoms with Crippen molar-refractivity contribution in [3.05, 3.63) is 74.9 Å². The van der Waals surface area contributed by atoms with Crippen LogP contribution in [0.1, 0.15) is 54.4 Å². The van der Waals surface area contributed by atoms with Gasteiger partial charge >= 0.3 is 0 Å². The Kier molecular flexibility index (Phi) is 6.76. The minimum atomic E-state index is -0.332. The Morgan fingerprint density at radius 3 is 2.58 bits per heavy atom. The molecular formula is C24H23ClN4O3S. The Balaban J connectivity index is 1.65. The van der Waals surface area contributed by atoms with Crippen LogP contribution in [0.4, 0.5) is 10.7 Å². The summed E-state index contributed by atoms with van der Waals surface area (Å²) in [6.45, 7) is 0. The Morgan fingerprint density at radius 1 is 1.06 bits per heavy atom. The Labute approximate surface area is 200 Å². The number of nitrogens with one attached hydrogen (secondary N) is 2. The largest absolute Gasteiger partial charge is 0.345 e. The molecule has 0 fully saturated rings. The molecule has 7 nitrogen and oxygen atoms in total. The molecular weight excluding hydrogens is 460 g/mol. The van der Waals surface area contributed by atoms with Gasteiger partial charge in [0, 0.05) is 37.1 Å². The van der Waals surface area contributed by atoms with Gasteiger partial charge in [0.25, 0.3) is 17.7 Å². The van der Waals surface area contributed by atoms with Crippen LogP contribution in [-0.2, 0) is 12.8 Å².